The van der Waals surface area contributed by atoms with Crippen molar-refractivity contribution in [2.24, 2.45) is 5.73 Å². The van der Waals surface area contributed by atoms with Crippen LogP contribution in [0, 0.1) is 0 Å². The highest BCUT2D eigenvalue weighted by atomic mass is 32.1. The molecule has 0 unspecified atom stereocenters. The topological polar surface area (TPSA) is 55.1 Å². The lowest BCUT2D eigenvalue weighted by Gasteiger charge is -2.22. The number of nitrogens with two attached hydrogens (primary N) is 1. The van der Waals surface area contributed by atoms with Crippen LogP contribution in [0.2, 0.25) is 0 Å². The number of hydrogen-bond donors (Lipinski definition) is 2. The average molecular weight is 186 g/mol. The second kappa shape index (κ2) is 4.40. The van der Waals surface area contributed by atoms with Crippen molar-refractivity contribution >= 4 is 23.1 Å². The minimum atomic E-state index is -0.518. The first kappa shape index (κ1) is 9.45. The largest absolute Gasteiger partial charge is 0.369 e. The number of rotatable bonds is 1. The van der Waals surface area contributed by atoms with Gasteiger partial charge in [-0.05, 0) is 12.8 Å². The van der Waals surface area contributed by atoms with Gasteiger partial charge in [-0.25, -0.2) is 0 Å². The highest BCUT2D eigenvalue weighted by Crippen LogP contribution is 2.17. The molecule has 3 N–H and O–H groups in total. The van der Waals surface area contributed by atoms with E-state index in [0.717, 1.165) is 12.8 Å². The third-order valence-corrected chi connectivity index (χ3v) is 2.48. The Morgan fingerprint density at radius 1 is 1.33 bits per heavy atom. The summed E-state index contributed by atoms with van der Waals surface area (Å²) < 4.78 is 0. The molecule has 1 aliphatic rings. The Balaban J connectivity index is 2.29. The molecule has 1 rings (SSSR count). The maximum atomic E-state index is 10.6. The van der Waals surface area contributed by atoms with Gasteiger partial charge >= 0.3 is 0 Å². The summed E-state index contributed by atoms with van der Waals surface area (Å²) in [6.07, 6.45) is 5.94. The third kappa shape index (κ3) is 2.77. The zero-order valence-corrected chi connectivity index (χ0v) is 7.82. The lowest BCUT2D eigenvalue weighted by Crippen LogP contribution is -2.41. The molecule has 0 aromatic carbocycles. The summed E-state index contributed by atoms with van der Waals surface area (Å²) in [6.45, 7) is 0. The van der Waals surface area contributed by atoms with Crippen LogP contribution in [0.25, 0.3) is 0 Å². The first-order valence-electron chi connectivity index (χ1n) is 4.30. The molecule has 0 spiro atoms. The van der Waals surface area contributed by atoms with Crippen LogP contribution < -0.4 is 11.1 Å². The van der Waals surface area contributed by atoms with Gasteiger partial charge in [-0.15, -0.1) is 0 Å². The Hall–Kier alpha value is -0.640. The van der Waals surface area contributed by atoms with Gasteiger partial charge in [0.1, 0.15) is 0 Å². The van der Waals surface area contributed by atoms with Crippen molar-refractivity contribution in [1.82, 2.24) is 5.32 Å². The van der Waals surface area contributed by atoms with Gasteiger partial charge in [-0.3, -0.25) is 4.79 Å². The van der Waals surface area contributed by atoms with Crippen LogP contribution in [0.3, 0.4) is 0 Å². The van der Waals surface area contributed by atoms with Gasteiger partial charge in [-0.2, -0.15) is 0 Å². The summed E-state index contributed by atoms with van der Waals surface area (Å²) in [4.78, 5) is 10.8. The van der Waals surface area contributed by atoms with Gasteiger partial charge < -0.3 is 11.1 Å². The first-order valence-corrected chi connectivity index (χ1v) is 4.71. The monoisotopic (exact) mass is 186 g/mol. The Kier molecular flexibility index (Phi) is 3.47. The van der Waals surface area contributed by atoms with Crippen LogP contribution in [0.1, 0.15) is 32.1 Å². The number of thiocarbonyl (C=S) groups is 1. The lowest BCUT2D eigenvalue weighted by atomic mass is 9.95. The van der Waals surface area contributed by atoms with Crippen molar-refractivity contribution in [3.8, 4) is 0 Å². The molecular weight excluding hydrogens is 172 g/mol. The number of amides is 1. The summed E-state index contributed by atoms with van der Waals surface area (Å²) in [6, 6.07) is 0.374. The quantitative estimate of drug-likeness (QED) is 0.593. The first-order chi connectivity index (χ1) is 5.70. The van der Waals surface area contributed by atoms with Crippen LogP contribution >= 0.6 is 12.2 Å². The number of hydrogen-bond acceptors (Lipinski definition) is 2. The standard InChI is InChI=1S/C8H14N2OS/c9-7(11)8(12)10-6-4-2-1-3-5-6/h6H,1-5H2,(H2,9,11)(H,10,12). The predicted octanol–water partition coefficient (Wildman–Crippen LogP) is 0.721. The second-order valence-corrected chi connectivity index (χ2v) is 3.58. The predicted molar refractivity (Wildman–Crippen MR) is 51.8 cm³/mol. The minimum absolute atomic E-state index is 0.182. The summed E-state index contributed by atoms with van der Waals surface area (Å²) in [5.74, 6) is -0.518. The van der Waals surface area contributed by atoms with Gasteiger partial charge in [0, 0.05) is 6.04 Å². The van der Waals surface area contributed by atoms with E-state index >= 15 is 0 Å². The van der Waals surface area contributed by atoms with Crippen molar-refractivity contribution in [2.75, 3.05) is 0 Å². The van der Waals surface area contributed by atoms with E-state index < -0.39 is 5.91 Å². The van der Waals surface area contributed by atoms with Crippen LogP contribution in [-0.2, 0) is 4.79 Å². The lowest BCUT2D eigenvalue weighted by molar-refractivity contribution is -0.112. The molecule has 0 bridgehead atoms. The molecule has 0 aromatic rings. The minimum Gasteiger partial charge on any atom is -0.369 e. The van der Waals surface area contributed by atoms with Crippen molar-refractivity contribution in [2.45, 2.75) is 38.1 Å². The molecule has 4 heteroatoms. The van der Waals surface area contributed by atoms with Gasteiger partial charge in [0.2, 0.25) is 0 Å². The zero-order valence-electron chi connectivity index (χ0n) is 7.01. The smallest absolute Gasteiger partial charge is 0.276 e. The van der Waals surface area contributed by atoms with Crippen LogP contribution in [0.5, 0.6) is 0 Å². The zero-order chi connectivity index (χ0) is 8.97. The fourth-order valence-electron chi connectivity index (χ4n) is 1.50. The van der Waals surface area contributed by atoms with Crippen molar-refractivity contribution in [3.05, 3.63) is 0 Å². The van der Waals surface area contributed by atoms with E-state index in [4.69, 9.17) is 18.0 Å². The number of primary amides is 1. The molecule has 0 aromatic heterocycles. The number of carbonyl (C=O) groups excluding carboxylic acids is 1. The van der Waals surface area contributed by atoms with E-state index in [1.54, 1.807) is 0 Å². The average Bonchev–Trinajstić information content (AvgIpc) is 2.06. The van der Waals surface area contributed by atoms with E-state index in [2.05, 4.69) is 5.32 Å². The summed E-state index contributed by atoms with van der Waals surface area (Å²) >= 11 is 4.77. The van der Waals surface area contributed by atoms with Crippen LogP contribution in [-0.4, -0.2) is 16.9 Å². The second-order valence-electron chi connectivity index (χ2n) is 3.17. The fourth-order valence-corrected chi connectivity index (χ4v) is 1.67. The molecule has 0 aliphatic heterocycles. The molecular formula is C8H14N2OS. The van der Waals surface area contributed by atoms with E-state index in [1.807, 2.05) is 0 Å². The summed E-state index contributed by atoms with van der Waals surface area (Å²) in [7, 11) is 0. The van der Waals surface area contributed by atoms with Crippen molar-refractivity contribution in [3.63, 3.8) is 0 Å². The third-order valence-electron chi connectivity index (χ3n) is 2.16. The Morgan fingerprint density at radius 3 is 2.42 bits per heavy atom. The summed E-state index contributed by atoms with van der Waals surface area (Å²) in [5.41, 5.74) is 5.01. The number of carbonyl (C=O) groups is 1. The normalized spacial score (nSPS) is 18.7. The Morgan fingerprint density at radius 2 is 1.92 bits per heavy atom. The van der Waals surface area contributed by atoms with Gasteiger partial charge in [0.05, 0.1) is 0 Å². The molecule has 0 saturated heterocycles. The maximum absolute atomic E-state index is 10.6. The molecule has 12 heavy (non-hydrogen) atoms. The highest BCUT2D eigenvalue weighted by Gasteiger charge is 2.15. The Bertz CT molecular complexity index is 187. The highest BCUT2D eigenvalue weighted by molar-refractivity contribution is 7.82. The van der Waals surface area contributed by atoms with Crippen molar-refractivity contribution < 1.29 is 4.79 Å². The summed E-state index contributed by atoms with van der Waals surface area (Å²) in [5, 5.41) is 2.98. The molecule has 1 amide bonds. The van der Waals surface area contributed by atoms with Crippen molar-refractivity contribution in [1.29, 1.82) is 0 Å². The molecule has 1 aliphatic carbocycles. The van der Waals surface area contributed by atoms with E-state index in [0.29, 0.717) is 6.04 Å². The molecule has 0 heterocycles. The Labute approximate surface area is 77.7 Å². The van der Waals surface area contributed by atoms with E-state index in [1.165, 1.54) is 19.3 Å². The van der Waals surface area contributed by atoms with Gasteiger partial charge in [-0.1, -0.05) is 31.5 Å². The van der Waals surface area contributed by atoms with Gasteiger partial charge in [0.15, 0.2) is 4.99 Å². The van der Waals surface area contributed by atoms with Crippen LogP contribution in [0.4, 0.5) is 0 Å². The van der Waals surface area contributed by atoms with E-state index in [-0.39, 0.29) is 4.99 Å². The van der Waals surface area contributed by atoms with Gasteiger partial charge in [0.25, 0.3) is 5.91 Å². The maximum Gasteiger partial charge on any atom is 0.276 e. The SMILES string of the molecule is NC(=O)C(=S)NC1CCCCC1. The number of nitrogens with one attached hydrogen (secondary N) is 1. The molecule has 1 saturated carbocycles. The molecule has 3 nitrogen and oxygen atoms in total. The molecule has 68 valence electrons. The van der Waals surface area contributed by atoms with Crippen LogP contribution in [0.15, 0.2) is 0 Å². The van der Waals surface area contributed by atoms with E-state index in [9.17, 15) is 4.79 Å². The molecule has 0 atom stereocenters. The molecule has 1 fully saturated rings. The molecule has 0 radical (unpaired) electrons. The fraction of sp³-hybridized carbons (Fsp3) is 0.750.